The molecule has 0 spiro atoms. The van der Waals surface area contributed by atoms with Gasteiger partial charge >= 0.3 is 17.9 Å². The summed E-state index contributed by atoms with van der Waals surface area (Å²) in [5.41, 5.74) is -2.49. The van der Waals surface area contributed by atoms with Crippen LogP contribution in [0.5, 0.6) is 0 Å². The summed E-state index contributed by atoms with van der Waals surface area (Å²) in [6.07, 6.45) is 3.00. The number of ether oxygens (including phenoxy) is 3. The molecule has 1 saturated heterocycles. The maximum Gasteiger partial charge on any atom is 0.303 e. The summed E-state index contributed by atoms with van der Waals surface area (Å²) in [7, 11) is 0. The number of hydrogen-bond donors (Lipinski definition) is 1. The minimum absolute atomic E-state index is 0.0682. The maximum absolute atomic E-state index is 11.9. The summed E-state index contributed by atoms with van der Waals surface area (Å²) in [5, 5.41) is 11.6. The van der Waals surface area contributed by atoms with E-state index in [1.54, 1.807) is 0 Å². The molecule has 0 radical (unpaired) electrons. The predicted octanol–water partition coefficient (Wildman–Crippen LogP) is 1.32. The fourth-order valence-electron chi connectivity index (χ4n) is 5.34. The van der Waals surface area contributed by atoms with E-state index in [-0.39, 0.29) is 18.9 Å². The van der Waals surface area contributed by atoms with Gasteiger partial charge in [0.05, 0.1) is 0 Å². The zero-order valence-electron chi connectivity index (χ0n) is 16.9. The molecule has 5 atom stereocenters. The molecule has 0 aromatic carbocycles. The third kappa shape index (κ3) is 4.17. The van der Waals surface area contributed by atoms with Crippen molar-refractivity contribution in [1.29, 1.82) is 0 Å². The largest absolute Gasteiger partial charge is 0.458 e. The molecule has 8 nitrogen and oxygen atoms in total. The lowest BCUT2D eigenvalue weighted by Gasteiger charge is -2.49. The summed E-state index contributed by atoms with van der Waals surface area (Å²) in [4.78, 5) is 37.5. The molecule has 0 unspecified atom stereocenters. The van der Waals surface area contributed by atoms with Crippen LogP contribution in [0.4, 0.5) is 0 Å². The second-order valence-corrected chi connectivity index (χ2v) is 8.48. The molecular weight excluding hydrogens is 366 g/mol. The Balaban J connectivity index is 1.90. The van der Waals surface area contributed by atoms with Crippen molar-refractivity contribution in [2.45, 2.75) is 95.2 Å². The highest BCUT2D eigenvalue weighted by molar-refractivity contribution is 5.68. The zero-order chi connectivity index (χ0) is 20.5. The highest BCUT2D eigenvalue weighted by Gasteiger charge is 2.66. The summed E-state index contributed by atoms with van der Waals surface area (Å²) in [6, 6.07) is 0.0682. The van der Waals surface area contributed by atoms with Crippen LogP contribution in [0, 0.1) is 0 Å². The lowest BCUT2D eigenvalue weighted by molar-refractivity contribution is -0.234. The van der Waals surface area contributed by atoms with Gasteiger partial charge in [-0.2, -0.15) is 0 Å². The summed E-state index contributed by atoms with van der Waals surface area (Å²) in [5.74, 6) is -1.49. The maximum atomic E-state index is 11.9. The van der Waals surface area contributed by atoms with Gasteiger partial charge < -0.3 is 24.2 Å². The first-order valence-electron chi connectivity index (χ1n) is 10.1. The van der Waals surface area contributed by atoms with Gasteiger partial charge in [0, 0.05) is 46.1 Å². The van der Waals surface area contributed by atoms with Crippen molar-refractivity contribution < 1.29 is 33.7 Å². The van der Waals surface area contributed by atoms with E-state index in [4.69, 9.17) is 14.2 Å². The lowest BCUT2D eigenvalue weighted by Crippen LogP contribution is -2.62. The van der Waals surface area contributed by atoms with Crippen LogP contribution >= 0.6 is 0 Å². The third-order valence-electron chi connectivity index (χ3n) is 6.35. The molecule has 2 saturated carbocycles. The van der Waals surface area contributed by atoms with E-state index in [9.17, 15) is 19.5 Å². The van der Waals surface area contributed by atoms with Gasteiger partial charge in [-0.3, -0.25) is 14.4 Å². The monoisotopic (exact) mass is 397 g/mol. The normalized spacial score (nSPS) is 38.4. The Bertz CT molecular complexity index is 632. The molecule has 158 valence electrons. The number of hydrogen-bond acceptors (Lipinski definition) is 8. The molecule has 0 bridgehead atoms. The van der Waals surface area contributed by atoms with Crippen molar-refractivity contribution in [3.63, 3.8) is 0 Å². The quantitative estimate of drug-likeness (QED) is 0.560. The number of esters is 3. The van der Waals surface area contributed by atoms with Gasteiger partial charge in [0.25, 0.3) is 0 Å². The molecule has 28 heavy (non-hydrogen) atoms. The molecule has 0 aromatic heterocycles. The fraction of sp³-hybridized carbons (Fsp3) is 0.850. The van der Waals surface area contributed by atoms with Gasteiger partial charge in [-0.05, 0) is 32.4 Å². The van der Waals surface area contributed by atoms with Gasteiger partial charge in [0.1, 0.15) is 23.4 Å². The molecule has 1 heterocycles. The van der Waals surface area contributed by atoms with E-state index >= 15 is 0 Å². The van der Waals surface area contributed by atoms with Crippen LogP contribution < -0.4 is 0 Å². The number of nitrogens with zero attached hydrogens (tertiary/aromatic N) is 1. The van der Waals surface area contributed by atoms with Gasteiger partial charge in [0.15, 0.2) is 0 Å². The molecule has 8 heteroatoms. The van der Waals surface area contributed by atoms with E-state index < -0.39 is 41.3 Å². The van der Waals surface area contributed by atoms with E-state index in [0.29, 0.717) is 12.8 Å². The second-order valence-electron chi connectivity index (χ2n) is 8.48. The Kier molecular flexibility index (Phi) is 6.00. The molecule has 0 aromatic rings. The Morgan fingerprint density at radius 1 is 0.821 bits per heavy atom. The average Bonchev–Trinajstić information content (AvgIpc) is 2.86. The lowest BCUT2D eigenvalue weighted by atomic mass is 9.71. The zero-order valence-corrected chi connectivity index (χ0v) is 16.9. The first kappa shape index (κ1) is 21.0. The number of fused-ring (bicyclic) bond motifs is 1. The minimum Gasteiger partial charge on any atom is -0.458 e. The fourth-order valence-corrected chi connectivity index (χ4v) is 5.34. The summed E-state index contributed by atoms with van der Waals surface area (Å²) in [6.45, 7) is 5.81. The Morgan fingerprint density at radius 2 is 1.39 bits per heavy atom. The number of likely N-dealkylation sites (tertiary alicyclic amines) is 1. The first-order chi connectivity index (χ1) is 13.1. The van der Waals surface area contributed by atoms with Crippen LogP contribution in [-0.2, 0) is 28.6 Å². The highest BCUT2D eigenvalue weighted by atomic mass is 16.6. The van der Waals surface area contributed by atoms with E-state index in [1.165, 1.54) is 27.2 Å². The highest BCUT2D eigenvalue weighted by Crippen LogP contribution is 2.53. The SMILES string of the molecule is CC(=O)O[C@H]1C[C@]2(O)C[C@H](N3CCCCC3)C[C@@]2(OC(C)=O)C[C@@H]1OC(C)=O. The van der Waals surface area contributed by atoms with Crippen molar-refractivity contribution in [2.24, 2.45) is 0 Å². The average molecular weight is 397 g/mol. The van der Waals surface area contributed by atoms with Crippen LogP contribution in [0.3, 0.4) is 0 Å². The predicted molar refractivity (Wildman–Crippen MR) is 98.2 cm³/mol. The number of carbonyl (C=O) groups excluding carboxylic acids is 3. The summed E-state index contributed by atoms with van der Waals surface area (Å²) < 4.78 is 16.5. The second kappa shape index (κ2) is 7.99. The molecular formula is C20H31NO7. The van der Waals surface area contributed by atoms with Crippen molar-refractivity contribution in [1.82, 2.24) is 4.90 Å². The topological polar surface area (TPSA) is 102 Å². The van der Waals surface area contributed by atoms with Crippen LogP contribution in [0.2, 0.25) is 0 Å². The van der Waals surface area contributed by atoms with Crippen molar-refractivity contribution in [2.75, 3.05) is 13.1 Å². The standard InChI is InChI=1S/C20H31NO7/c1-13(22)26-17-11-19(25)9-16(21-7-5-4-6-8-21)10-20(19,28-15(3)24)12-18(17)27-14(2)23/h16-18,25H,4-12H2,1-3H3/t16-,17-,18-,19+,20+/m0/s1. The van der Waals surface area contributed by atoms with Crippen LogP contribution in [-0.4, -0.2) is 70.5 Å². The van der Waals surface area contributed by atoms with Gasteiger partial charge in [0.2, 0.25) is 0 Å². The molecule has 1 N–H and O–H groups in total. The van der Waals surface area contributed by atoms with Gasteiger partial charge in [-0.25, -0.2) is 0 Å². The smallest absolute Gasteiger partial charge is 0.303 e. The number of rotatable bonds is 4. The van der Waals surface area contributed by atoms with E-state index in [0.717, 1.165) is 25.9 Å². The molecule has 0 amide bonds. The third-order valence-corrected chi connectivity index (χ3v) is 6.35. The van der Waals surface area contributed by atoms with Crippen LogP contribution in [0.15, 0.2) is 0 Å². The van der Waals surface area contributed by atoms with Crippen LogP contribution in [0.25, 0.3) is 0 Å². The molecule has 3 aliphatic rings. The van der Waals surface area contributed by atoms with Crippen LogP contribution in [0.1, 0.15) is 65.7 Å². The van der Waals surface area contributed by atoms with Crippen molar-refractivity contribution in [3.05, 3.63) is 0 Å². The first-order valence-corrected chi connectivity index (χ1v) is 10.1. The molecule has 1 aliphatic heterocycles. The molecule has 3 fully saturated rings. The minimum atomic E-state index is -1.34. The van der Waals surface area contributed by atoms with Crippen molar-refractivity contribution in [3.8, 4) is 0 Å². The Labute approximate surface area is 165 Å². The molecule has 2 aliphatic carbocycles. The van der Waals surface area contributed by atoms with Gasteiger partial charge in [-0.15, -0.1) is 0 Å². The summed E-state index contributed by atoms with van der Waals surface area (Å²) >= 11 is 0. The Morgan fingerprint density at radius 3 is 1.93 bits per heavy atom. The number of carbonyl (C=O) groups is 3. The number of piperidine rings is 1. The Hall–Kier alpha value is -1.67. The van der Waals surface area contributed by atoms with E-state index in [1.807, 2.05) is 0 Å². The molecule has 3 rings (SSSR count). The van der Waals surface area contributed by atoms with Crippen molar-refractivity contribution >= 4 is 17.9 Å². The van der Waals surface area contributed by atoms with Gasteiger partial charge in [-0.1, -0.05) is 6.42 Å². The van der Waals surface area contributed by atoms with E-state index in [2.05, 4.69) is 4.90 Å². The number of aliphatic hydroxyl groups is 1.